The summed E-state index contributed by atoms with van der Waals surface area (Å²) in [5.74, 6) is 0.819. The quantitative estimate of drug-likeness (QED) is 0.792. The number of hydrogen-bond acceptors (Lipinski definition) is 4. The molecule has 0 aliphatic rings. The number of methoxy groups -OCH3 is 1. The number of carbonyl (C=O) groups excluding carboxylic acids is 1. The van der Waals surface area contributed by atoms with Gasteiger partial charge in [0, 0.05) is 18.5 Å². The average Bonchev–Trinajstić information content (AvgIpc) is 3.00. The molecule has 0 saturated heterocycles. The molecule has 1 N–H and O–H groups in total. The highest BCUT2D eigenvalue weighted by molar-refractivity contribution is 7.16. The van der Waals surface area contributed by atoms with Crippen LogP contribution in [0.4, 0.5) is 4.79 Å². The molecule has 0 radical (unpaired) electrons. The highest BCUT2D eigenvalue weighted by Crippen LogP contribution is 2.23. The minimum atomic E-state index is -0.107. The van der Waals surface area contributed by atoms with Crippen LogP contribution in [-0.4, -0.2) is 50.6 Å². The Morgan fingerprint density at radius 3 is 2.40 bits per heavy atom. The van der Waals surface area contributed by atoms with E-state index in [1.807, 2.05) is 50.5 Å². The van der Waals surface area contributed by atoms with E-state index in [9.17, 15) is 4.79 Å². The van der Waals surface area contributed by atoms with Crippen molar-refractivity contribution in [3.05, 3.63) is 51.2 Å². The van der Waals surface area contributed by atoms with E-state index in [1.54, 1.807) is 19.1 Å². The number of amides is 2. The molecule has 2 rings (SSSR count). The van der Waals surface area contributed by atoms with Gasteiger partial charge in [0.15, 0.2) is 0 Å². The number of thiophene rings is 1. The van der Waals surface area contributed by atoms with E-state index in [0.717, 1.165) is 20.5 Å². The first-order valence-corrected chi connectivity index (χ1v) is 9.13. The Morgan fingerprint density at radius 1 is 1.20 bits per heavy atom. The number of nitrogens with one attached hydrogen (secondary N) is 1. The third-order valence-corrected chi connectivity index (χ3v) is 5.16. The lowest BCUT2D eigenvalue weighted by Crippen LogP contribution is -2.41. The van der Waals surface area contributed by atoms with Gasteiger partial charge in [-0.25, -0.2) is 4.79 Å². The first kappa shape index (κ1) is 19.6. The molecule has 0 saturated carbocycles. The maximum absolute atomic E-state index is 12.4. The predicted octanol–water partition coefficient (Wildman–Crippen LogP) is 3.85. The smallest absolute Gasteiger partial charge is 0.317 e. The number of likely N-dealkylation sites (N-methyl/N-ethyl adjacent to an activating group) is 1. The summed E-state index contributed by atoms with van der Waals surface area (Å²) >= 11 is 7.42. The van der Waals surface area contributed by atoms with Crippen LogP contribution in [0, 0.1) is 0 Å². The Bertz CT molecular complexity index is 688. The van der Waals surface area contributed by atoms with Crippen LogP contribution in [0.3, 0.4) is 0 Å². The van der Waals surface area contributed by atoms with Crippen LogP contribution in [0.1, 0.15) is 16.5 Å². The van der Waals surface area contributed by atoms with Gasteiger partial charge < -0.3 is 19.9 Å². The van der Waals surface area contributed by atoms with Gasteiger partial charge in [0.1, 0.15) is 5.75 Å². The van der Waals surface area contributed by atoms with Crippen LogP contribution in [0.5, 0.6) is 5.75 Å². The van der Waals surface area contributed by atoms with E-state index >= 15 is 0 Å². The number of urea groups is 1. The van der Waals surface area contributed by atoms with Crippen LogP contribution < -0.4 is 10.1 Å². The van der Waals surface area contributed by atoms with Gasteiger partial charge in [-0.2, -0.15) is 0 Å². The summed E-state index contributed by atoms with van der Waals surface area (Å²) in [4.78, 5) is 17.2. The third-order valence-electron chi connectivity index (χ3n) is 3.94. The normalized spacial score (nSPS) is 12.1. The zero-order valence-electron chi connectivity index (χ0n) is 15.0. The van der Waals surface area contributed by atoms with Crippen molar-refractivity contribution in [2.24, 2.45) is 0 Å². The highest BCUT2D eigenvalue weighted by Gasteiger charge is 2.17. The molecule has 1 unspecified atom stereocenters. The number of hydrogen-bond donors (Lipinski definition) is 1. The zero-order valence-corrected chi connectivity index (χ0v) is 16.5. The van der Waals surface area contributed by atoms with Gasteiger partial charge >= 0.3 is 6.03 Å². The summed E-state index contributed by atoms with van der Waals surface area (Å²) in [5.41, 5.74) is 1.12. The van der Waals surface area contributed by atoms with Crippen LogP contribution in [0.2, 0.25) is 4.34 Å². The Balaban J connectivity index is 1.94. The largest absolute Gasteiger partial charge is 0.497 e. The van der Waals surface area contributed by atoms with Crippen LogP contribution in [-0.2, 0) is 6.54 Å². The van der Waals surface area contributed by atoms with Crippen LogP contribution >= 0.6 is 22.9 Å². The fourth-order valence-corrected chi connectivity index (χ4v) is 3.63. The molecule has 25 heavy (non-hydrogen) atoms. The van der Waals surface area contributed by atoms with Crippen molar-refractivity contribution in [2.75, 3.05) is 34.8 Å². The van der Waals surface area contributed by atoms with E-state index in [4.69, 9.17) is 16.3 Å². The van der Waals surface area contributed by atoms with Gasteiger partial charge in [-0.05, 0) is 43.9 Å². The fourth-order valence-electron chi connectivity index (χ4n) is 2.49. The van der Waals surface area contributed by atoms with E-state index in [2.05, 4.69) is 10.2 Å². The van der Waals surface area contributed by atoms with Gasteiger partial charge in [0.2, 0.25) is 0 Å². The predicted molar refractivity (Wildman–Crippen MR) is 104 cm³/mol. The number of rotatable bonds is 7. The van der Waals surface area contributed by atoms with E-state index in [-0.39, 0.29) is 12.1 Å². The van der Waals surface area contributed by atoms with Crippen LogP contribution in [0.25, 0.3) is 0 Å². The Hall–Kier alpha value is -1.76. The molecule has 0 aliphatic heterocycles. The van der Waals surface area contributed by atoms with Crippen molar-refractivity contribution >= 4 is 29.0 Å². The van der Waals surface area contributed by atoms with Gasteiger partial charge in [0.05, 0.1) is 24.0 Å². The molecule has 1 aromatic heterocycles. The summed E-state index contributed by atoms with van der Waals surface area (Å²) in [7, 11) is 7.42. The molecule has 5 nitrogen and oxygen atoms in total. The SMILES string of the molecule is COc1ccc(C(CNC(=O)N(C)Cc2ccc(Cl)s2)N(C)C)cc1. The van der Waals surface area contributed by atoms with Gasteiger partial charge in [-0.1, -0.05) is 23.7 Å². The molecule has 1 atom stereocenters. The summed E-state index contributed by atoms with van der Waals surface area (Å²) in [6.07, 6.45) is 0. The number of nitrogens with zero attached hydrogens (tertiary/aromatic N) is 2. The Morgan fingerprint density at radius 2 is 1.88 bits per heavy atom. The molecule has 0 aliphatic carbocycles. The van der Waals surface area contributed by atoms with Gasteiger partial charge in [-0.3, -0.25) is 0 Å². The van der Waals surface area contributed by atoms with Crippen molar-refractivity contribution in [2.45, 2.75) is 12.6 Å². The van der Waals surface area contributed by atoms with Crippen LogP contribution in [0.15, 0.2) is 36.4 Å². The van der Waals surface area contributed by atoms with E-state index in [0.29, 0.717) is 13.1 Å². The van der Waals surface area contributed by atoms with Crippen molar-refractivity contribution in [3.8, 4) is 5.75 Å². The van der Waals surface area contributed by atoms with Crippen molar-refractivity contribution in [3.63, 3.8) is 0 Å². The second-order valence-corrected chi connectivity index (χ2v) is 7.80. The molecule has 2 amide bonds. The number of carbonyl (C=O) groups is 1. The Labute approximate surface area is 158 Å². The van der Waals surface area contributed by atoms with Gasteiger partial charge in [0.25, 0.3) is 0 Å². The molecule has 0 fully saturated rings. The minimum absolute atomic E-state index is 0.0828. The minimum Gasteiger partial charge on any atom is -0.497 e. The van der Waals surface area contributed by atoms with E-state index < -0.39 is 0 Å². The van der Waals surface area contributed by atoms with Gasteiger partial charge in [-0.15, -0.1) is 11.3 Å². The maximum atomic E-state index is 12.4. The lowest BCUT2D eigenvalue weighted by Gasteiger charge is -2.26. The zero-order chi connectivity index (χ0) is 18.4. The van der Waals surface area contributed by atoms with Crippen molar-refractivity contribution < 1.29 is 9.53 Å². The number of ether oxygens (including phenoxy) is 1. The standard InChI is InChI=1S/C18H24ClN3O2S/c1-21(2)16(13-5-7-14(24-4)8-6-13)11-20-18(23)22(3)12-15-9-10-17(19)25-15/h5-10,16H,11-12H2,1-4H3,(H,20,23). The summed E-state index contributed by atoms with van der Waals surface area (Å²) in [5, 5.41) is 3.00. The third kappa shape index (κ3) is 5.63. The second-order valence-electron chi connectivity index (χ2n) is 6.00. The summed E-state index contributed by atoms with van der Waals surface area (Å²) in [6, 6.07) is 11.7. The first-order valence-electron chi connectivity index (χ1n) is 7.94. The lowest BCUT2D eigenvalue weighted by atomic mass is 10.1. The average molecular weight is 382 g/mol. The maximum Gasteiger partial charge on any atom is 0.317 e. The fraction of sp³-hybridized carbons (Fsp3) is 0.389. The first-order chi connectivity index (χ1) is 11.9. The molecule has 2 aromatic rings. The summed E-state index contributed by atoms with van der Waals surface area (Å²) in [6.45, 7) is 1.06. The highest BCUT2D eigenvalue weighted by atomic mass is 35.5. The second kappa shape index (κ2) is 9.08. The number of benzene rings is 1. The molecule has 7 heteroatoms. The lowest BCUT2D eigenvalue weighted by molar-refractivity contribution is 0.201. The molecule has 0 bridgehead atoms. The topological polar surface area (TPSA) is 44.8 Å². The molecule has 1 heterocycles. The Kier molecular flexibility index (Phi) is 7.11. The molecule has 136 valence electrons. The van der Waals surface area contributed by atoms with E-state index in [1.165, 1.54) is 11.3 Å². The van der Waals surface area contributed by atoms with Crippen molar-refractivity contribution in [1.29, 1.82) is 0 Å². The monoisotopic (exact) mass is 381 g/mol. The summed E-state index contributed by atoms with van der Waals surface area (Å²) < 4.78 is 5.93. The molecular formula is C18H24ClN3O2S. The van der Waals surface area contributed by atoms with Crippen molar-refractivity contribution in [1.82, 2.24) is 15.1 Å². The molecular weight excluding hydrogens is 358 g/mol. The molecule has 1 aromatic carbocycles. The number of halogens is 1. The molecule has 0 spiro atoms.